The van der Waals surface area contributed by atoms with Gasteiger partial charge in [0.05, 0.1) is 12.1 Å². The summed E-state index contributed by atoms with van der Waals surface area (Å²) in [4.78, 5) is 12.5. The zero-order valence-corrected chi connectivity index (χ0v) is 9.63. The highest BCUT2D eigenvalue weighted by Crippen LogP contribution is 2.35. The van der Waals surface area contributed by atoms with Gasteiger partial charge in [-0.15, -0.1) is 0 Å². The molecule has 1 heterocycles. The molecule has 0 aromatic heterocycles. The summed E-state index contributed by atoms with van der Waals surface area (Å²) < 4.78 is 37.9. The molecule has 0 saturated heterocycles. The van der Waals surface area contributed by atoms with Crippen LogP contribution in [0.15, 0.2) is 18.2 Å². The van der Waals surface area contributed by atoms with Crippen LogP contribution in [0.5, 0.6) is 0 Å². The van der Waals surface area contributed by atoms with Gasteiger partial charge in [0.1, 0.15) is 0 Å². The van der Waals surface area contributed by atoms with Crippen LogP contribution in [0, 0.1) is 0 Å². The Morgan fingerprint density at radius 3 is 2.72 bits per heavy atom. The molecule has 0 radical (unpaired) electrons. The van der Waals surface area contributed by atoms with E-state index < -0.39 is 17.6 Å². The summed E-state index contributed by atoms with van der Waals surface area (Å²) in [5.41, 5.74) is 5.70. The number of aryl methyl sites for hydroxylation is 1. The minimum Gasteiger partial charge on any atom is -0.368 e. The number of alkyl halides is 3. The van der Waals surface area contributed by atoms with Gasteiger partial charge in [-0.2, -0.15) is 13.2 Å². The van der Waals surface area contributed by atoms with E-state index in [1.807, 2.05) is 0 Å². The van der Waals surface area contributed by atoms with Gasteiger partial charge in [0.15, 0.2) is 0 Å². The number of hydrogen-bond donors (Lipinski definition) is 1. The number of carbonyl (C=O) groups is 1. The lowest BCUT2D eigenvalue weighted by Gasteiger charge is -2.30. The van der Waals surface area contributed by atoms with Gasteiger partial charge in [-0.1, -0.05) is 6.07 Å². The predicted octanol–water partition coefficient (Wildman–Crippen LogP) is 1.94. The van der Waals surface area contributed by atoms with Gasteiger partial charge in [0.25, 0.3) is 0 Å². The van der Waals surface area contributed by atoms with E-state index in [0.29, 0.717) is 12.2 Å². The third-order valence-corrected chi connectivity index (χ3v) is 2.97. The molecule has 18 heavy (non-hydrogen) atoms. The molecule has 0 fully saturated rings. The highest BCUT2D eigenvalue weighted by molar-refractivity contribution is 5.80. The number of nitrogens with zero attached hydrogens (tertiary/aromatic N) is 1. The number of benzene rings is 1. The number of anilines is 1. The van der Waals surface area contributed by atoms with E-state index in [-0.39, 0.29) is 6.54 Å². The number of carbonyl (C=O) groups excluding carboxylic acids is 1. The summed E-state index contributed by atoms with van der Waals surface area (Å²) in [7, 11) is 0. The molecule has 0 bridgehead atoms. The van der Waals surface area contributed by atoms with E-state index >= 15 is 0 Å². The van der Waals surface area contributed by atoms with Crippen LogP contribution in [0.25, 0.3) is 0 Å². The van der Waals surface area contributed by atoms with Gasteiger partial charge in [-0.3, -0.25) is 4.79 Å². The minimum absolute atomic E-state index is 0.0473. The van der Waals surface area contributed by atoms with E-state index in [9.17, 15) is 18.0 Å². The topological polar surface area (TPSA) is 46.3 Å². The fourth-order valence-electron chi connectivity index (χ4n) is 2.18. The maximum Gasteiger partial charge on any atom is 0.416 e. The van der Waals surface area contributed by atoms with Crippen molar-refractivity contribution in [1.29, 1.82) is 0 Å². The third kappa shape index (κ3) is 2.57. The minimum atomic E-state index is -4.37. The molecule has 0 spiro atoms. The lowest BCUT2D eigenvalue weighted by atomic mass is 9.99. The number of halogens is 3. The summed E-state index contributed by atoms with van der Waals surface area (Å²) in [5, 5.41) is 0. The average molecular weight is 258 g/mol. The Kier molecular flexibility index (Phi) is 3.19. The molecule has 3 nitrogen and oxygen atoms in total. The van der Waals surface area contributed by atoms with Crippen LogP contribution in [0.3, 0.4) is 0 Å². The second-order valence-electron chi connectivity index (χ2n) is 4.33. The molecule has 1 aromatic carbocycles. The van der Waals surface area contributed by atoms with E-state index in [2.05, 4.69) is 0 Å². The monoisotopic (exact) mass is 258 g/mol. The smallest absolute Gasteiger partial charge is 0.368 e. The summed E-state index contributed by atoms with van der Waals surface area (Å²) in [5.74, 6) is -0.541. The van der Waals surface area contributed by atoms with Crippen molar-refractivity contribution in [3.05, 3.63) is 29.3 Å². The Morgan fingerprint density at radius 1 is 1.39 bits per heavy atom. The molecule has 98 valence electrons. The van der Waals surface area contributed by atoms with E-state index in [1.165, 1.54) is 6.07 Å². The summed E-state index contributed by atoms with van der Waals surface area (Å²) in [6.45, 7) is 0.506. The van der Waals surface area contributed by atoms with Gasteiger partial charge in [-0.05, 0) is 30.5 Å². The highest BCUT2D eigenvalue weighted by Gasteiger charge is 2.32. The predicted molar refractivity (Wildman–Crippen MR) is 61.2 cm³/mol. The molecule has 1 aliphatic heterocycles. The van der Waals surface area contributed by atoms with Crippen LogP contribution in [0.4, 0.5) is 18.9 Å². The highest BCUT2D eigenvalue weighted by atomic mass is 19.4. The van der Waals surface area contributed by atoms with Gasteiger partial charge >= 0.3 is 6.18 Å². The average Bonchev–Trinajstić information content (AvgIpc) is 2.27. The summed E-state index contributed by atoms with van der Waals surface area (Å²) >= 11 is 0. The molecule has 0 aliphatic carbocycles. The summed E-state index contributed by atoms with van der Waals surface area (Å²) in [6, 6.07) is 3.65. The zero-order chi connectivity index (χ0) is 13.3. The number of fused-ring (bicyclic) bond motifs is 1. The van der Waals surface area contributed by atoms with Crippen molar-refractivity contribution in [3.63, 3.8) is 0 Å². The summed E-state index contributed by atoms with van der Waals surface area (Å²) in [6.07, 6.45) is -2.83. The first-order chi connectivity index (χ1) is 8.38. The molecule has 1 amide bonds. The van der Waals surface area contributed by atoms with Gasteiger partial charge < -0.3 is 10.6 Å². The van der Waals surface area contributed by atoms with Crippen LogP contribution in [0.2, 0.25) is 0 Å². The fourth-order valence-corrected chi connectivity index (χ4v) is 2.18. The molecule has 0 saturated carbocycles. The zero-order valence-electron chi connectivity index (χ0n) is 9.63. The largest absolute Gasteiger partial charge is 0.416 e. The van der Waals surface area contributed by atoms with Crippen molar-refractivity contribution >= 4 is 11.6 Å². The fraction of sp³-hybridized carbons (Fsp3) is 0.417. The number of nitrogens with two attached hydrogens (primary N) is 1. The Labute approximate surface area is 102 Å². The van der Waals surface area contributed by atoms with E-state index in [4.69, 9.17) is 5.73 Å². The SMILES string of the molecule is NC(=O)CN1CCCc2ccc(C(F)(F)F)cc21. The van der Waals surface area contributed by atoms with Crippen molar-refractivity contribution in [2.45, 2.75) is 19.0 Å². The van der Waals surface area contributed by atoms with E-state index in [1.54, 1.807) is 4.90 Å². The number of rotatable bonds is 2. The lowest BCUT2D eigenvalue weighted by molar-refractivity contribution is -0.137. The maximum absolute atomic E-state index is 12.6. The van der Waals surface area contributed by atoms with Crippen LogP contribution in [0.1, 0.15) is 17.5 Å². The quantitative estimate of drug-likeness (QED) is 0.881. The maximum atomic E-state index is 12.6. The first-order valence-electron chi connectivity index (χ1n) is 5.61. The van der Waals surface area contributed by atoms with Crippen LogP contribution < -0.4 is 10.6 Å². The molecule has 2 N–H and O–H groups in total. The van der Waals surface area contributed by atoms with Crippen molar-refractivity contribution in [1.82, 2.24) is 0 Å². The first-order valence-corrected chi connectivity index (χ1v) is 5.61. The van der Waals surface area contributed by atoms with Crippen LogP contribution in [-0.2, 0) is 17.4 Å². The van der Waals surface area contributed by atoms with Crippen LogP contribution >= 0.6 is 0 Å². The molecular weight excluding hydrogens is 245 g/mol. The molecule has 1 aromatic rings. The van der Waals surface area contributed by atoms with Crippen molar-refractivity contribution in [3.8, 4) is 0 Å². The molecule has 2 rings (SSSR count). The Balaban J connectivity index is 2.38. The first kappa shape index (κ1) is 12.7. The number of hydrogen-bond acceptors (Lipinski definition) is 2. The molecule has 0 atom stereocenters. The molecule has 0 unspecified atom stereocenters. The second kappa shape index (κ2) is 4.51. The molecular formula is C12H13F3N2O. The van der Waals surface area contributed by atoms with Gasteiger partial charge in [-0.25, -0.2) is 0 Å². The van der Waals surface area contributed by atoms with Crippen molar-refractivity contribution < 1.29 is 18.0 Å². The number of amides is 1. The Morgan fingerprint density at radius 2 is 2.11 bits per heavy atom. The Hall–Kier alpha value is -1.72. The number of primary amides is 1. The van der Waals surface area contributed by atoms with Crippen molar-refractivity contribution in [2.24, 2.45) is 5.73 Å². The van der Waals surface area contributed by atoms with Crippen molar-refractivity contribution in [2.75, 3.05) is 18.0 Å². The van der Waals surface area contributed by atoms with Gasteiger partial charge in [0, 0.05) is 12.2 Å². The Bertz CT molecular complexity index is 471. The standard InChI is InChI=1S/C12H13F3N2O/c13-12(14,15)9-4-3-8-2-1-5-17(7-11(16)18)10(8)6-9/h3-4,6H,1-2,5,7H2,(H2,16,18). The second-order valence-corrected chi connectivity index (χ2v) is 4.33. The van der Waals surface area contributed by atoms with Gasteiger partial charge in [0.2, 0.25) is 5.91 Å². The molecule has 1 aliphatic rings. The normalized spacial score (nSPS) is 15.4. The van der Waals surface area contributed by atoms with Crippen LogP contribution in [-0.4, -0.2) is 19.0 Å². The molecule has 6 heteroatoms. The van der Waals surface area contributed by atoms with E-state index in [0.717, 1.165) is 30.5 Å². The third-order valence-electron chi connectivity index (χ3n) is 2.97. The lowest BCUT2D eigenvalue weighted by Crippen LogP contribution is -2.37.